The number of aliphatic hydroxyl groups is 1. The lowest BCUT2D eigenvalue weighted by Crippen LogP contribution is -2.26. The standard InChI is InChI=1S/C14H17NO3S2/c1-10-6-4-5-7-12(10)15(3)20(17,18)14-8-11(2)13(9-16)19-14/h4-8,16H,9H2,1-3H3. The minimum atomic E-state index is -3.59. The molecule has 0 fully saturated rings. The molecule has 2 aromatic rings. The summed E-state index contributed by atoms with van der Waals surface area (Å²) in [7, 11) is -2.04. The molecule has 108 valence electrons. The molecule has 0 atom stereocenters. The SMILES string of the molecule is Cc1ccccc1N(C)S(=O)(=O)c1cc(C)c(CO)s1. The van der Waals surface area contributed by atoms with Gasteiger partial charge in [-0.2, -0.15) is 0 Å². The van der Waals surface area contributed by atoms with Crippen molar-refractivity contribution in [3.63, 3.8) is 0 Å². The van der Waals surface area contributed by atoms with Crippen LogP contribution in [0, 0.1) is 13.8 Å². The maximum atomic E-state index is 12.6. The van der Waals surface area contributed by atoms with Gasteiger partial charge in [0, 0.05) is 11.9 Å². The summed E-state index contributed by atoms with van der Waals surface area (Å²) in [5.41, 5.74) is 2.35. The first-order valence-electron chi connectivity index (χ1n) is 6.12. The number of sulfonamides is 1. The fourth-order valence-electron chi connectivity index (χ4n) is 1.95. The van der Waals surface area contributed by atoms with E-state index in [1.807, 2.05) is 25.1 Å². The Morgan fingerprint density at radius 1 is 1.20 bits per heavy atom. The van der Waals surface area contributed by atoms with Crippen molar-refractivity contribution >= 4 is 27.0 Å². The van der Waals surface area contributed by atoms with Crippen molar-refractivity contribution in [3.05, 3.63) is 46.3 Å². The molecule has 2 rings (SSSR count). The van der Waals surface area contributed by atoms with Crippen molar-refractivity contribution in [2.24, 2.45) is 0 Å². The third kappa shape index (κ3) is 2.59. The lowest BCUT2D eigenvalue weighted by molar-refractivity contribution is 0.285. The molecule has 0 saturated carbocycles. The topological polar surface area (TPSA) is 57.6 Å². The zero-order valence-corrected chi connectivity index (χ0v) is 13.3. The minimum absolute atomic E-state index is 0.139. The second kappa shape index (κ2) is 5.55. The second-order valence-electron chi connectivity index (χ2n) is 4.59. The first-order chi connectivity index (χ1) is 9.37. The third-order valence-corrected chi connectivity index (χ3v) is 6.65. The van der Waals surface area contributed by atoms with Gasteiger partial charge in [-0.3, -0.25) is 4.31 Å². The van der Waals surface area contributed by atoms with Gasteiger partial charge in [0.25, 0.3) is 10.0 Å². The van der Waals surface area contributed by atoms with E-state index in [2.05, 4.69) is 0 Å². The monoisotopic (exact) mass is 311 g/mol. The Morgan fingerprint density at radius 3 is 2.40 bits per heavy atom. The molecule has 0 aliphatic carbocycles. The molecule has 0 aliphatic rings. The number of para-hydroxylation sites is 1. The second-order valence-corrected chi connectivity index (χ2v) is 7.92. The van der Waals surface area contributed by atoms with E-state index in [-0.39, 0.29) is 10.8 Å². The molecule has 1 aromatic heterocycles. The lowest BCUT2D eigenvalue weighted by atomic mass is 10.2. The van der Waals surface area contributed by atoms with Crippen molar-refractivity contribution in [3.8, 4) is 0 Å². The van der Waals surface area contributed by atoms with Gasteiger partial charge in [0.1, 0.15) is 4.21 Å². The average Bonchev–Trinajstić information content (AvgIpc) is 2.80. The van der Waals surface area contributed by atoms with E-state index in [4.69, 9.17) is 0 Å². The Labute approximate surface area is 123 Å². The Kier molecular flexibility index (Phi) is 4.17. The molecule has 6 heteroatoms. The average molecular weight is 311 g/mol. The van der Waals surface area contributed by atoms with Gasteiger partial charge in [0.05, 0.1) is 12.3 Å². The number of rotatable bonds is 4. The summed E-state index contributed by atoms with van der Waals surface area (Å²) >= 11 is 1.12. The number of anilines is 1. The number of aryl methyl sites for hydroxylation is 2. The normalized spacial score (nSPS) is 11.6. The number of hydrogen-bond acceptors (Lipinski definition) is 4. The van der Waals surface area contributed by atoms with Crippen LogP contribution in [0.4, 0.5) is 5.69 Å². The van der Waals surface area contributed by atoms with Crippen LogP contribution in [0.2, 0.25) is 0 Å². The van der Waals surface area contributed by atoms with Crippen LogP contribution in [0.15, 0.2) is 34.5 Å². The first-order valence-corrected chi connectivity index (χ1v) is 8.38. The van der Waals surface area contributed by atoms with Crippen molar-refractivity contribution in [2.45, 2.75) is 24.7 Å². The van der Waals surface area contributed by atoms with Gasteiger partial charge in [-0.1, -0.05) is 18.2 Å². The van der Waals surface area contributed by atoms with Crippen molar-refractivity contribution in [2.75, 3.05) is 11.4 Å². The predicted octanol–water partition coefficient (Wildman–Crippen LogP) is 2.68. The van der Waals surface area contributed by atoms with Gasteiger partial charge in [-0.05, 0) is 37.1 Å². The maximum absolute atomic E-state index is 12.6. The molecule has 1 aromatic carbocycles. The number of nitrogens with zero attached hydrogens (tertiary/aromatic N) is 1. The van der Waals surface area contributed by atoms with Gasteiger partial charge in [0.15, 0.2) is 0 Å². The summed E-state index contributed by atoms with van der Waals surface area (Å²) in [5.74, 6) is 0. The quantitative estimate of drug-likeness (QED) is 0.944. The number of thiophene rings is 1. The summed E-state index contributed by atoms with van der Waals surface area (Å²) in [6, 6.07) is 8.95. The predicted molar refractivity (Wildman–Crippen MR) is 81.7 cm³/mol. The van der Waals surface area contributed by atoms with Crippen LogP contribution in [0.1, 0.15) is 16.0 Å². The lowest BCUT2D eigenvalue weighted by Gasteiger charge is -2.20. The summed E-state index contributed by atoms with van der Waals surface area (Å²) in [5, 5.41) is 9.20. The van der Waals surface area contributed by atoms with E-state index in [0.29, 0.717) is 10.6 Å². The van der Waals surface area contributed by atoms with Crippen LogP contribution in [-0.4, -0.2) is 20.6 Å². The Hall–Kier alpha value is -1.37. The van der Waals surface area contributed by atoms with Gasteiger partial charge in [-0.25, -0.2) is 8.42 Å². The van der Waals surface area contributed by atoms with E-state index >= 15 is 0 Å². The van der Waals surface area contributed by atoms with Crippen molar-refractivity contribution in [1.29, 1.82) is 0 Å². The largest absolute Gasteiger partial charge is 0.391 e. The molecular formula is C14H17NO3S2. The highest BCUT2D eigenvalue weighted by atomic mass is 32.2. The number of benzene rings is 1. The Bertz CT molecular complexity index is 720. The van der Waals surface area contributed by atoms with Crippen LogP contribution >= 0.6 is 11.3 Å². The molecule has 0 radical (unpaired) electrons. The summed E-state index contributed by atoms with van der Waals surface area (Å²) in [4.78, 5) is 0.682. The van der Waals surface area contributed by atoms with Crippen LogP contribution in [0.25, 0.3) is 0 Å². The molecule has 20 heavy (non-hydrogen) atoms. The zero-order valence-electron chi connectivity index (χ0n) is 11.6. The summed E-state index contributed by atoms with van der Waals surface area (Å²) in [6.45, 7) is 3.54. The maximum Gasteiger partial charge on any atom is 0.273 e. The molecule has 0 amide bonds. The molecule has 1 heterocycles. The Morgan fingerprint density at radius 2 is 1.85 bits per heavy atom. The van der Waals surface area contributed by atoms with Crippen molar-refractivity contribution in [1.82, 2.24) is 0 Å². The van der Waals surface area contributed by atoms with Crippen LogP contribution in [0.5, 0.6) is 0 Å². The Balaban J connectivity index is 2.47. The van der Waals surface area contributed by atoms with Gasteiger partial charge < -0.3 is 5.11 Å². The van der Waals surface area contributed by atoms with E-state index < -0.39 is 10.0 Å². The van der Waals surface area contributed by atoms with Crippen LogP contribution in [0.3, 0.4) is 0 Å². The highest BCUT2D eigenvalue weighted by Gasteiger charge is 2.25. The summed E-state index contributed by atoms with van der Waals surface area (Å²) in [6.07, 6.45) is 0. The molecule has 0 bridgehead atoms. The molecule has 1 N–H and O–H groups in total. The van der Waals surface area contributed by atoms with E-state index in [1.54, 1.807) is 26.1 Å². The summed E-state index contributed by atoms with van der Waals surface area (Å²) < 4.78 is 26.8. The molecular weight excluding hydrogens is 294 g/mol. The number of aliphatic hydroxyl groups excluding tert-OH is 1. The third-order valence-electron chi connectivity index (χ3n) is 3.21. The highest BCUT2D eigenvalue weighted by Crippen LogP contribution is 2.31. The number of hydrogen-bond donors (Lipinski definition) is 1. The fourth-order valence-corrected chi connectivity index (χ4v) is 4.83. The van der Waals surface area contributed by atoms with Gasteiger partial charge >= 0.3 is 0 Å². The molecule has 0 aliphatic heterocycles. The minimum Gasteiger partial charge on any atom is -0.391 e. The van der Waals surface area contributed by atoms with E-state index in [9.17, 15) is 13.5 Å². The zero-order chi connectivity index (χ0) is 14.9. The fraction of sp³-hybridized carbons (Fsp3) is 0.286. The molecule has 0 saturated heterocycles. The van der Waals surface area contributed by atoms with E-state index in [1.165, 1.54) is 4.31 Å². The van der Waals surface area contributed by atoms with Crippen LogP contribution in [-0.2, 0) is 16.6 Å². The first kappa shape index (κ1) is 15.0. The van der Waals surface area contributed by atoms with E-state index in [0.717, 1.165) is 22.5 Å². The molecule has 4 nitrogen and oxygen atoms in total. The molecule has 0 unspecified atom stereocenters. The molecule has 0 spiro atoms. The highest BCUT2D eigenvalue weighted by molar-refractivity contribution is 7.94. The van der Waals surface area contributed by atoms with Gasteiger partial charge in [-0.15, -0.1) is 11.3 Å². The smallest absolute Gasteiger partial charge is 0.273 e. The van der Waals surface area contributed by atoms with Gasteiger partial charge in [0.2, 0.25) is 0 Å². The van der Waals surface area contributed by atoms with Crippen molar-refractivity contribution < 1.29 is 13.5 Å². The van der Waals surface area contributed by atoms with Crippen LogP contribution < -0.4 is 4.31 Å².